The van der Waals surface area contributed by atoms with E-state index < -0.39 is 0 Å². The first-order valence-corrected chi connectivity index (χ1v) is 28.4. The number of hydrogen-bond acceptors (Lipinski definition) is 6. The summed E-state index contributed by atoms with van der Waals surface area (Å²) in [5.74, 6) is 0. The number of benzene rings is 12. The zero-order valence-corrected chi connectivity index (χ0v) is 44.5. The minimum Gasteiger partial charge on any atom is -0.456 e. The van der Waals surface area contributed by atoms with E-state index in [-0.39, 0.29) is 0 Å². The Kier molecular flexibility index (Phi) is 8.66. The first-order chi connectivity index (χ1) is 41.1. The highest BCUT2D eigenvalue weighted by molar-refractivity contribution is 7.26. The Morgan fingerprint density at radius 1 is 0.301 bits per heavy atom. The number of thiophene rings is 1. The van der Waals surface area contributed by atoms with Gasteiger partial charge in [-0.1, -0.05) is 146 Å². The molecule has 0 N–H and O–H groups in total. The molecular weight excluding hydrogens is 1040 g/mol. The maximum atomic E-state index is 13.1. The van der Waals surface area contributed by atoms with Crippen LogP contribution in [0.5, 0.6) is 0 Å². The Balaban J connectivity index is 1.15. The number of nitrogens with zero attached hydrogens (tertiary/aromatic N) is 5. The Morgan fingerprint density at radius 2 is 0.675 bits per heavy atom. The predicted molar refractivity (Wildman–Crippen MR) is 339 cm³/mol. The minimum absolute atomic E-state index is 0.363. The quantitative estimate of drug-likeness (QED) is 0.175. The third-order valence-electron chi connectivity index (χ3n) is 17.5. The van der Waals surface area contributed by atoms with Crippen molar-refractivity contribution in [3.63, 3.8) is 0 Å². The molecule has 83 heavy (non-hydrogen) atoms. The van der Waals surface area contributed by atoms with Gasteiger partial charge < -0.3 is 27.0 Å². The van der Waals surface area contributed by atoms with E-state index in [4.69, 9.17) is 13.3 Å². The monoisotopic (exact) mass is 1080 g/mol. The Hall–Kier alpha value is -11.4. The standard InChI is InChI=1S/C74H37N5O3S/c75-38-52-64(51-24-15-23-47-43-19-7-14-31-63(43)83-74(47)51)71(77-54-25-8-1-16-40(54)44-32-35-60-65(68(44)77)48-20-4-11-28-57(48)80-60)53(39-76)73(79-56-27-10-3-18-42(56)46-34-37-62-67(70(46)79)50-22-6-13-30-59(50)82-62)72(52)78-55-26-9-2-17-41(55)45-33-36-61-66(69(45)78)49-21-5-12-29-58(49)81-61/h1-37H. The van der Waals surface area contributed by atoms with Crippen molar-refractivity contribution >= 4 is 163 Å². The van der Waals surface area contributed by atoms with E-state index in [0.29, 0.717) is 50.5 Å². The van der Waals surface area contributed by atoms with E-state index in [0.717, 1.165) is 140 Å². The fraction of sp³-hybridized carbons (Fsp3) is 0. The highest BCUT2D eigenvalue weighted by atomic mass is 32.1. The Morgan fingerprint density at radius 3 is 1.13 bits per heavy atom. The molecule has 7 aromatic heterocycles. The summed E-state index contributed by atoms with van der Waals surface area (Å²) in [6, 6.07) is 83.4. The lowest BCUT2D eigenvalue weighted by Crippen LogP contribution is -2.14. The lowest BCUT2D eigenvalue weighted by Gasteiger charge is -2.26. The number of hydrogen-bond donors (Lipinski definition) is 0. The lowest BCUT2D eigenvalue weighted by atomic mass is 9.90. The second-order valence-corrected chi connectivity index (χ2v) is 22.6. The van der Waals surface area contributed by atoms with Crippen LogP contribution in [0.25, 0.3) is 180 Å². The van der Waals surface area contributed by atoms with Crippen LogP contribution < -0.4 is 0 Å². The van der Waals surface area contributed by atoms with Crippen LogP contribution in [0.15, 0.2) is 238 Å². The third-order valence-corrected chi connectivity index (χ3v) is 18.7. The molecule has 9 heteroatoms. The van der Waals surface area contributed by atoms with Crippen molar-refractivity contribution in [3.05, 3.63) is 236 Å². The number of aromatic nitrogens is 3. The maximum absolute atomic E-state index is 13.1. The van der Waals surface area contributed by atoms with Crippen LogP contribution in [0.4, 0.5) is 0 Å². The average Bonchev–Trinajstić information content (AvgIpc) is 2.50. The molecule has 0 unspecified atom stereocenters. The number of fused-ring (bicyclic) bond motifs is 24. The van der Waals surface area contributed by atoms with Crippen LogP contribution in [0.2, 0.25) is 0 Å². The van der Waals surface area contributed by atoms with E-state index in [2.05, 4.69) is 196 Å². The summed E-state index contributed by atoms with van der Waals surface area (Å²) in [4.78, 5) is 0. The fourth-order valence-corrected chi connectivity index (χ4v) is 15.5. The molecule has 19 aromatic rings. The Labute approximate surface area is 473 Å². The molecule has 382 valence electrons. The van der Waals surface area contributed by atoms with Crippen molar-refractivity contribution in [2.45, 2.75) is 0 Å². The molecule has 0 aliphatic rings. The summed E-state index contributed by atoms with van der Waals surface area (Å²) in [5, 5.41) is 39.8. The van der Waals surface area contributed by atoms with Gasteiger partial charge in [-0.25, -0.2) is 0 Å². The zero-order valence-electron chi connectivity index (χ0n) is 43.7. The molecule has 8 nitrogen and oxygen atoms in total. The molecule has 0 radical (unpaired) electrons. The van der Waals surface area contributed by atoms with Gasteiger partial charge in [-0.2, -0.15) is 10.5 Å². The summed E-state index contributed by atoms with van der Waals surface area (Å²) in [6.45, 7) is 0. The second kappa shape index (κ2) is 16.2. The molecule has 0 aliphatic heterocycles. The van der Waals surface area contributed by atoms with Gasteiger partial charge in [0.2, 0.25) is 0 Å². The van der Waals surface area contributed by atoms with Crippen LogP contribution in [-0.4, -0.2) is 13.7 Å². The summed E-state index contributed by atoms with van der Waals surface area (Å²) in [7, 11) is 0. The van der Waals surface area contributed by atoms with E-state index in [1.165, 1.54) is 0 Å². The van der Waals surface area contributed by atoms with Gasteiger partial charge in [0.1, 0.15) is 51.2 Å². The summed E-state index contributed by atoms with van der Waals surface area (Å²) in [6.07, 6.45) is 0. The molecule has 0 saturated carbocycles. The van der Waals surface area contributed by atoms with Gasteiger partial charge in [0.15, 0.2) is 0 Å². The van der Waals surface area contributed by atoms with Crippen LogP contribution in [-0.2, 0) is 0 Å². The van der Waals surface area contributed by atoms with Gasteiger partial charge in [0.05, 0.1) is 71.9 Å². The molecule has 0 fully saturated rings. The first-order valence-electron chi connectivity index (χ1n) is 27.6. The molecule has 7 heterocycles. The predicted octanol–water partition coefficient (Wildman–Crippen LogP) is 20.5. The van der Waals surface area contributed by atoms with Gasteiger partial charge in [0, 0.05) is 79.8 Å². The molecule has 0 amide bonds. The van der Waals surface area contributed by atoms with Crippen molar-refractivity contribution in [1.82, 2.24) is 13.7 Å². The molecule has 19 rings (SSSR count). The molecule has 0 spiro atoms. The number of nitriles is 2. The molecular formula is C74H37N5O3S. The minimum atomic E-state index is 0.363. The van der Waals surface area contributed by atoms with Crippen molar-refractivity contribution in [2.75, 3.05) is 0 Å². The SMILES string of the molecule is N#Cc1c(-c2cccc3c2sc2ccccc23)c(-n2c3ccccc3c3ccc4oc5ccccc5c4c32)c(C#N)c(-n2c3ccccc3c3ccc4oc5ccccc5c4c32)c1-n1c2ccccc2c2ccc3oc4ccccc4c3c21. The number of rotatable bonds is 4. The third kappa shape index (κ3) is 5.65. The van der Waals surface area contributed by atoms with Crippen molar-refractivity contribution in [3.8, 4) is 40.3 Å². The van der Waals surface area contributed by atoms with Crippen LogP contribution >= 0.6 is 11.3 Å². The fourth-order valence-electron chi connectivity index (χ4n) is 14.3. The van der Waals surface area contributed by atoms with Crippen molar-refractivity contribution < 1.29 is 13.3 Å². The van der Waals surface area contributed by atoms with Gasteiger partial charge >= 0.3 is 0 Å². The Bertz CT molecular complexity index is 6240. The highest BCUT2D eigenvalue weighted by Gasteiger charge is 2.36. The van der Waals surface area contributed by atoms with Crippen molar-refractivity contribution in [1.29, 1.82) is 10.5 Å². The van der Waals surface area contributed by atoms with Crippen LogP contribution in [0, 0.1) is 22.7 Å². The molecule has 0 bridgehead atoms. The number of furan rings is 3. The van der Waals surface area contributed by atoms with E-state index in [1.54, 1.807) is 11.3 Å². The highest BCUT2D eigenvalue weighted by Crippen LogP contribution is 2.54. The lowest BCUT2D eigenvalue weighted by molar-refractivity contribution is 0.668. The summed E-state index contributed by atoms with van der Waals surface area (Å²) < 4.78 is 29.3. The maximum Gasteiger partial charge on any atom is 0.137 e. The zero-order chi connectivity index (χ0) is 54.3. The van der Waals surface area contributed by atoms with E-state index in [9.17, 15) is 10.5 Å². The van der Waals surface area contributed by atoms with Crippen molar-refractivity contribution in [2.24, 2.45) is 0 Å². The van der Waals surface area contributed by atoms with Gasteiger partial charge in [-0.15, -0.1) is 11.3 Å². The van der Waals surface area contributed by atoms with Crippen LogP contribution in [0.3, 0.4) is 0 Å². The average molecular weight is 1080 g/mol. The summed E-state index contributed by atoms with van der Waals surface area (Å²) >= 11 is 1.71. The number of para-hydroxylation sites is 6. The van der Waals surface area contributed by atoms with Gasteiger partial charge in [-0.05, 0) is 78.9 Å². The van der Waals surface area contributed by atoms with E-state index >= 15 is 0 Å². The normalized spacial score (nSPS) is 12.3. The molecule has 0 aliphatic carbocycles. The topological polar surface area (TPSA) is 102 Å². The van der Waals surface area contributed by atoms with Gasteiger partial charge in [0.25, 0.3) is 0 Å². The largest absolute Gasteiger partial charge is 0.456 e. The molecule has 0 saturated heterocycles. The molecule has 0 atom stereocenters. The van der Waals surface area contributed by atoms with Gasteiger partial charge in [-0.3, -0.25) is 0 Å². The van der Waals surface area contributed by atoms with Crippen LogP contribution in [0.1, 0.15) is 11.1 Å². The van der Waals surface area contributed by atoms with E-state index in [1.807, 2.05) is 54.6 Å². The smallest absolute Gasteiger partial charge is 0.137 e. The summed E-state index contributed by atoms with van der Waals surface area (Å²) in [5.41, 5.74) is 13.4. The molecule has 12 aromatic carbocycles. The second-order valence-electron chi connectivity index (χ2n) is 21.5. The first kappa shape index (κ1) is 44.5.